The van der Waals surface area contributed by atoms with E-state index in [4.69, 9.17) is 12.2 Å². The maximum Gasteiger partial charge on any atom is 0.0598 e. The summed E-state index contributed by atoms with van der Waals surface area (Å²) >= 11 is 0. The minimum Gasteiger partial charge on any atom is -0.327 e. The summed E-state index contributed by atoms with van der Waals surface area (Å²) in [6.07, 6.45) is 6.29. The van der Waals surface area contributed by atoms with Crippen LogP contribution in [0.3, 0.4) is 0 Å². The minimum atomic E-state index is 0.190. The van der Waals surface area contributed by atoms with Gasteiger partial charge in [0.1, 0.15) is 0 Å². The van der Waals surface area contributed by atoms with E-state index < -0.39 is 0 Å². The Hall–Kier alpha value is -0.520. The molecule has 0 aromatic heterocycles. The number of nitrogens with two attached hydrogens (primary N) is 1. The lowest BCUT2D eigenvalue weighted by atomic mass is 9.85. The van der Waals surface area contributed by atoms with E-state index in [9.17, 15) is 0 Å². The summed E-state index contributed by atoms with van der Waals surface area (Å²) in [6.45, 7) is 11.4. The molecule has 0 heterocycles. The van der Waals surface area contributed by atoms with Crippen molar-refractivity contribution in [2.75, 3.05) is 19.6 Å². The molecule has 0 saturated heterocycles. The Morgan fingerprint density at radius 1 is 1.43 bits per heavy atom. The summed E-state index contributed by atoms with van der Waals surface area (Å²) in [5.74, 6) is 2.67. The number of nitrogens with zero attached hydrogens (tertiary/aromatic N) is 1. The highest BCUT2D eigenvalue weighted by Gasteiger charge is 2.20. The lowest BCUT2D eigenvalue weighted by Gasteiger charge is -2.29. The smallest absolute Gasteiger partial charge is 0.0598 e. The molecule has 82 valence electrons. The molecule has 2 N–H and O–H groups in total. The van der Waals surface area contributed by atoms with E-state index in [2.05, 4.69) is 38.5 Å². The van der Waals surface area contributed by atoms with Gasteiger partial charge in [0.2, 0.25) is 0 Å². The fourth-order valence-corrected chi connectivity index (χ4v) is 1.23. The fraction of sp³-hybridized carbons (Fsp3) is 0.833. The van der Waals surface area contributed by atoms with Crippen LogP contribution in [0.2, 0.25) is 0 Å². The van der Waals surface area contributed by atoms with Gasteiger partial charge in [0.15, 0.2) is 0 Å². The first kappa shape index (κ1) is 13.5. The van der Waals surface area contributed by atoms with E-state index in [-0.39, 0.29) is 11.5 Å². The van der Waals surface area contributed by atoms with E-state index in [1.54, 1.807) is 0 Å². The van der Waals surface area contributed by atoms with E-state index in [0.29, 0.717) is 0 Å². The van der Waals surface area contributed by atoms with Crippen molar-refractivity contribution in [2.45, 2.75) is 40.2 Å². The molecule has 0 radical (unpaired) electrons. The summed E-state index contributed by atoms with van der Waals surface area (Å²) in [5.41, 5.74) is 6.26. The number of terminal acetylenes is 1. The third kappa shape index (κ3) is 5.26. The molecule has 1 atom stereocenters. The Morgan fingerprint density at radius 2 is 2.00 bits per heavy atom. The molecule has 0 aliphatic carbocycles. The predicted octanol–water partition coefficient (Wildman–Crippen LogP) is 1.70. The minimum absolute atomic E-state index is 0.190. The van der Waals surface area contributed by atoms with E-state index >= 15 is 0 Å². The SMILES string of the molecule is C#CCN(CC)CCC(N)C(C)(C)C. The van der Waals surface area contributed by atoms with Crippen LogP contribution in [0, 0.1) is 17.8 Å². The van der Waals surface area contributed by atoms with Crippen molar-refractivity contribution in [2.24, 2.45) is 11.1 Å². The van der Waals surface area contributed by atoms with Crippen molar-refractivity contribution in [3.63, 3.8) is 0 Å². The van der Waals surface area contributed by atoms with Crippen LogP contribution < -0.4 is 5.73 Å². The highest BCUT2D eigenvalue weighted by molar-refractivity contribution is 4.88. The predicted molar refractivity (Wildman–Crippen MR) is 63.0 cm³/mol. The zero-order valence-corrected chi connectivity index (χ0v) is 10.0. The van der Waals surface area contributed by atoms with Crippen LogP contribution in [-0.4, -0.2) is 30.6 Å². The van der Waals surface area contributed by atoms with Crippen LogP contribution in [0.15, 0.2) is 0 Å². The molecule has 0 amide bonds. The summed E-state index contributed by atoms with van der Waals surface area (Å²) < 4.78 is 0. The van der Waals surface area contributed by atoms with Crippen LogP contribution >= 0.6 is 0 Å². The van der Waals surface area contributed by atoms with Gasteiger partial charge in [0.25, 0.3) is 0 Å². The molecule has 0 bridgehead atoms. The Kier molecular flexibility index (Phi) is 5.83. The van der Waals surface area contributed by atoms with Gasteiger partial charge in [-0.25, -0.2) is 0 Å². The molecule has 0 aromatic rings. The molecule has 0 aliphatic heterocycles. The maximum absolute atomic E-state index is 6.07. The van der Waals surface area contributed by atoms with Crippen molar-refractivity contribution in [3.8, 4) is 12.3 Å². The van der Waals surface area contributed by atoms with Gasteiger partial charge in [-0.2, -0.15) is 0 Å². The van der Waals surface area contributed by atoms with Crippen LogP contribution in [0.25, 0.3) is 0 Å². The van der Waals surface area contributed by atoms with E-state index in [1.807, 2.05) is 0 Å². The van der Waals surface area contributed by atoms with Gasteiger partial charge in [0.05, 0.1) is 6.54 Å². The second-order valence-electron chi connectivity index (χ2n) is 4.83. The van der Waals surface area contributed by atoms with Crippen LogP contribution in [-0.2, 0) is 0 Å². The topological polar surface area (TPSA) is 29.3 Å². The molecule has 1 unspecified atom stereocenters. The highest BCUT2D eigenvalue weighted by atomic mass is 15.1. The molecule has 0 aliphatic rings. The van der Waals surface area contributed by atoms with E-state index in [0.717, 1.165) is 26.1 Å². The fourth-order valence-electron chi connectivity index (χ4n) is 1.23. The second kappa shape index (κ2) is 6.06. The Balaban J connectivity index is 3.86. The van der Waals surface area contributed by atoms with Crippen LogP contribution in [0.4, 0.5) is 0 Å². The van der Waals surface area contributed by atoms with Gasteiger partial charge in [-0.1, -0.05) is 33.6 Å². The van der Waals surface area contributed by atoms with Crippen molar-refractivity contribution < 1.29 is 0 Å². The third-order valence-corrected chi connectivity index (χ3v) is 2.63. The molecule has 0 aromatic carbocycles. The molecule has 2 nitrogen and oxygen atoms in total. The Bertz CT molecular complexity index is 185. The molecule has 2 heteroatoms. The number of rotatable bonds is 5. The van der Waals surface area contributed by atoms with Crippen LogP contribution in [0.5, 0.6) is 0 Å². The molecular formula is C12H24N2. The molecule has 14 heavy (non-hydrogen) atoms. The van der Waals surface area contributed by atoms with Crippen molar-refractivity contribution in [1.82, 2.24) is 4.90 Å². The first-order valence-electron chi connectivity index (χ1n) is 5.33. The molecule has 0 saturated carbocycles. The van der Waals surface area contributed by atoms with Gasteiger partial charge in [-0.15, -0.1) is 6.42 Å². The standard InChI is InChI=1S/C12H24N2/c1-6-9-14(7-2)10-8-11(13)12(3,4)5/h1,11H,7-10,13H2,2-5H3. The first-order chi connectivity index (χ1) is 6.41. The summed E-state index contributed by atoms with van der Waals surface area (Å²) in [7, 11) is 0. The van der Waals surface area contributed by atoms with Gasteiger partial charge in [0, 0.05) is 12.6 Å². The zero-order chi connectivity index (χ0) is 11.2. The first-order valence-corrected chi connectivity index (χ1v) is 5.33. The summed E-state index contributed by atoms with van der Waals surface area (Å²) in [4.78, 5) is 2.24. The van der Waals surface area contributed by atoms with Gasteiger partial charge >= 0.3 is 0 Å². The van der Waals surface area contributed by atoms with Crippen molar-refractivity contribution >= 4 is 0 Å². The van der Waals surface area contributed by atoms with E-state index in [1.165, 1.54) is 0 Å². The lowest BCUT2D eigenvalue weighted by molar-refractivity contribution is 0.250. The summed E-state index contributed by atoms with van der Waals surface area (Å²) in [5, 5.41) is 0. The zero-order valence-electron chi connectivity index (χ0n) is 10.0. The van der Waals surface area contributed by atoms with Crippen molar-refractivity contribution in [1.29, 1.82) is 0 Å². The van der Waals surface area contributed by atoms with Gasteiger partial charge in [-0.05, 0) is 18.4 Å². The third-order valence-electron chi connectivity index (χ3n) is 2.63. The number of hydrogen-bond donors (Lipinski definition) is 1. The number of hydrogen-bond acceptors (Lipinski definition) is 2. The normalized spacial score (nSPS) is 14.1. The quantitative estimate of drug-likeness (QED) is 0.678. The Labute approximate surface area is 88.9 Å². The Morgan fingerprint density at radius 3 is 2.36 bits per heavy atom. The van der Waals surface area contributed by atoms with Gasteiger partial charge in [-0.3, -0.25) is 4.90 Å². The highest BCUT2D eigenvalue weighted by Crippen LogP contribution is 2.19. The largest absolute Gasteiger partial charge is 0.327 e. The van der Waals surface area contributed by atoms with Gasteiger partial charge < -0.3 is 5.73 Å². The molecule has 0 rings (SSSR count). The summed E-state index contributed by atoms with van der Waals surface area (Å²) in [6, 6.07) is 0.245. The average Bonchev–Trinajstić information content (AvgIpc) is 2.10. The maximum atomic E-state index is 6.07. The molecule has 0 spiro atoms. The second-order valence-corrected chi connectivity index (χ2v) is 4.83. The molecular weight excluding hydrogens is 172 g/mol. The lowest BCUT2D eigenvalue weighted by Crippen LogP contribution is -2.38. The average molecular weight is 196 g/mol. The monoisotopic (exact) mass is 196 g/mol. The van der Waals surface area contributed by atoms with Crippen molar-refractivity contribution in [3.05, 3.63) is 0 Å². The molecule has 0 fully saturated rings. The van der Waals surface area contributed by atoms with Crippen LogP contribution in [0.1, 0.15) is 34.1 Å².